The molecule has 2 N–H and O–H groups in total. The molecule has 0 radical (unpaired) electrons. The van der Waals surface area contributed by atoms with Crippen molar-refractivity contribution in [3.63, 3.8) is 0 Å². The topological polar surface area (TPSA) is 58.2 Å². The minimum atomic E-state index is -0.388. The van der Waals surface area contributed by atoms with Crippen molar-refractivity contribution in [2.75, 3.05) is 5.88 Å². The van der Waals surface area contributed by atoms with Crippen LogP contribution in [-0.2, 0) is 9.59 Å². The number of alkyl halides is 1. The summed E-state index contributed by atoms with van der Waals surface area (Å²) in [6, 6.07) is 0. The van der Waals surface area contributed by atoms with E-state index in [0.717, 1.165) is 12.8 Å². The molecule has 1 aliphatic carbocycles. The number of hydrogen-bond donors (Lipinski definition) is 2. The molecule has 1 aliphatic rings. The van der Waals surface area contributed by atoms with Gasteiger partial charge in [0.2, 0.25) is 5.91 Å². The minimum Gasteiger partial charge on any atom is -0.273 e. The first-order valence-corrected chi connectivity index (χ1v) is 4.39. The largest absolute Gasteiger partial charge is 0.273 e. The van der Waals surface area contributed by atoms with Gasteiger partial charge in [0.1, 0.15) is 5.88 Å². The lowest BCUT2D eigenvalue weighted by molar-refractivity contribution is -0.127. The zero-order valence-electron chi connectivity index (χ0n) is 6.60. The SMILES string of the molecule is O=C(CCl)NNC(=O)CC1CC1. The quantitative estimate of drug-likeness (QED) is 0.493. The molecule has 0 aliphatic heterocycles. The van der Waals surface area contributed by atoms with Crippen LogP contribution in [0.3, 0.4) is 0 Å². The van der Waals surface area contributed by atoms with E-state index in [2.05, 4.69) is 10.9 Å². The molecule has 2 amide bonds. The zero-order chi connectivity index (χ0) is 8.97. The molecule has 0 atom stereocenters. The van der Waals surface area contributed by atoms with Crippen LogP contribution >= 0.6 is 11.6 Å². The van der Waals surface area contributed by atoms with Gasteiger partial charge in [0.25, 0.3) is 5.91 Å². The molecular formula is C7H11ClN2O2. The number of carbonyl (C=O) groups excluding carboxylic acids is 2. The monoisotopic (exact) mass is 190 g/mol. The van der Waals surface area contributed by atoms with Gasteiger partial charge in [0.15, 0.2) is 0 Å². The average Bonchev–Trinajstić information content (AvgIpc) is 2.84. The van der Waals surface area contributed by atoms with Gasteiger partial charge >= 0.3 is 0 Å². The Morgan fingerprint density at radius 2 is 1.83 bits per heavy atom. The normalized spacial score (nSPS) is 15.4. The number of amides is 2. The summed E-state index contributed by atoms with van der Waals surface area (Å²) < 4.78 is 0. The van der Waals surface area contributed by atoms with Gasteiger partial charge in [-0.2, -0.15) is 0 Å². The summed E-state index contributed by atoms with van der Waals surface area (Å²) >= 11 is 5.19. The number of rotatable bonds is 3. The number of carbonyl (C=O) groups is 2. The third-order valence-corrected chi connectivity index (χ3v) is 1.88. The minimum absolute atomic E-state index is 0.135. The van der Waals surface area contributed by atoms with Crippen molar-refractivity contribution in [1.82, 2.24) is 10.9 Å². The van der Waals surface area contributed by atoms with E-state index in [-0.39, 0.29) is 17.7 Å². The van der Waals surface area contributed by atoms with E-state index in [1.165, 1.54) is 0 Å². The van der Waals surface area contributed by atoms with Crippen molar-refractivity contribution in [2.24, 2.45) is 5.92 Å². The van der Waals surface area contributed by atoms with Crippen LogP contribution in [0.5, 0.6) is 0 Å². The summed E-state index contributed by atoms with van der Waals surface area (Å²) in [4.78, 5) is 21.5. The van der Waals surface area contributed by atoms with E-state index in [9.17, 15) is 9.59 Å². The first kappa shape index (κ1) is 9.32. The predicted molar refractivity (Wildman–Crippen MR) is 44.3 cm³/mol. The predicted octanol–water partition coefficient (Wildman–Crippen LogP) is 0.173. The maximum absolute atomic E-state index is 10.9. The molecule has 0 aromatic carbocycles. The van der Waals surface area contributed by atoms with Crippen LogP contribution in [0, 0.1) is 5.92 Å². The lowest BCUT2D eigenvalue weighted by Gasteiger charge is -2.03. The molecule has 4 nitrogen and oxygen atoms in total. The maximum atomic E-state index is 10.9. The van der Waals surface area contributed by atoms with Gasteiger partial charge in [-0.25, -0.2) is 0 Å². The van der Waals surface area contributed by atoms with Crippen LogP contribution < -0.4 is 10.9 Å². The lowest BCUT2D eigenvalue weighted by atomic mass is 10.3. The summed E-state index contributed by atoms with van der Waals surface area (Å²) in [6.07, 6.45) is 2.75. The van der Waals surface area contributed by atoms with Gasteiger partial charge in [0, 0.05) is 6.42 Å². The highest BCUT2D eigenvalue weighted by Crippen LogP contribution is 2.31. The fourth-order valence-corrected chi connectivity index (χ4v) is 0.875. The van der Waals surface area contributed by atoms with Crippen molar-refractivity contribution in [2.45, 2.75) is 19.3 Å². The molecule has 1 fully saturated rings. The van der Waals surface area contributed by atoms with Gasteiger partial charge in [-0.3, -0.25) is 20.4 Å². The van der Waals surface area contributed by atoms with Gasteiger partial charge in [0.05, 0.1) is 0 Å². The van der Waals surface area contributed by atoms with Crippen LogP contribution in [0.25, 0.3) is 0 Å². The van der Waals surface area contributed by atoms with Crippen LogP contribution in [0.2, 0.25) is 0 Å². The number of hydrogen-bond acceptors (Lipinski definition) is 2. The molecule has 0 aromatic heterocycles. The highest BCUT2D eigenvalue weighted by molar-refractivity contribution is 6.27. The van der Waals surface area contributed by atoms with Crippen molar-refractivity contribution < 1.29 is 9.59 Å². The summed E-state index contributed by atoms with van der Waals surface area (Å²) in [7, 11) is 0. The summed E-state index contributed by atoms with van der Waals surface area (Å²) in [5.74, 6) is -0.140. The van der Waals surface area contributed by atoms with Gasteiger partial charge in [-0.1, -0.05) is 0 Å². The Morgan fingerprint density at radius 3 is 2.33 bits per heavy atom. The van der Waals surface area contributed by atoms with Crippen LogP contribution in [0.15, 0.2) is 0 Å². The third kappa shape index (κ3) is 3.57. The Bertz CT molecular complexity index is 192. The zero-order valence-corrected chi connectivity index (χ0v) is 7.36. The van der Waals surface area contributed by atoms with Gasteiger partial charge in [-0.15, -0.1) is 11.6 Å². The van der Waals surface area contributed by atoms with Crippen LogP contribution in [0.4, 0.5) is 0 Å². The second-order valence-corrected chi connectivity index (χ2v) is 3.14. The molecule has 68 valence electrons. The third-order valence-electron chi connectivity index (χ3n) is 1.63. The summed E-state index contributed by atoms with van der Waals surface area (Å²) in [5, 5.41) is 0. The molecular weight excluding hydrogens is 180 g/mol. The molecule has 1 rings (SSSR count). The van der Waals surface area contributed by atoms with E-state index in [4.69, 9.17) is 11.6 Å². The van der Waals surface area contributed by atoms with Crippen LogP contribution in [-0.4, -0.2) is 17.7 Å². The molecule has 12 heavy (non-hydrogen) atoms. The smallest absolute Gasteiger partial charge is 0.253 e. The highest BCUT2D eigenvalue weighted by atomic mass is 35.5. The Balaban J connectivity index is 2.04. The Hall–Kier alpha value is -0.770. The maximum Gasteiger partial charge on any atom is 0.253 e. The molecule has 0 unspecified atom stereocenters. The first-order valence-electron chi connectivity index (χ1n) is 3.86. The molecule has 1 saturated carbocycles. The summed E-state index contributed by atoms with van der Waals surface area (Å²) in [5.41, 5.74) is 4.48. The summed E-state index contributed by atoms with van der Waals surface area (Å²) in [6.45, 7) is 0. The Morgan fingerprint density at radius 1 is 1.25 bits per heavy atom. The van der Waals surface area contributed by atoms with E-state index in [0.29, 0.717) is 12.3 Å². The first-order chi connectivity index (χ1) is 5.72. The molecule has 5 heteroatoms. The molecule has 0 bridgehead atoms. The molecule has 0 aromatic rings. The molecule has 0 spiro atoms. The number of hydrazine groups is 1. The van der Waals surface area contributed by atoms with E-state index >= 15 is 0 Å². The molecule has 0 saturated heterocycles. The van der Waals surface area contributed by atoms with Crippen molar-refractivity contribution in [3.05, 3.63) is 0 Å². The fourth-order valence-electron chi connectivity index (χ4n) is 0.808. The van der Waals surface area contributed by atoms with Crippen molar-refractivity contribution in [3.8, 4) is 0 Å². The number of halogens is 1. The Labute approximate surface area is 75.6 Å². The standard InChI is InChI=1S/C7H11ClN2O2/c8-4-7(12)10-9-6(11)3-5-1-2-5/h5H,1-4H2,(H,9,11)(H,10,12). The van der Waals surface area contributed by atoms with Crippen molar-refractivity contribution >= 4 is 23.4 Å². The van der Waals surface area contributed by atoms with Crippen molar-refractivity contribution in [1.29, 1.82) is 0 Å². The van der Waals surface area contributed by atoms with E-state index in [1.54, 1.807) is 0 Å². The fraction of sp³-hybridized carbons (Fsp3) is 0.714. The average molecular weight is 191 g/mol. The second kappa shape index (κ2) is 4.30. The van der Waals surface area contributed by atoms with Crippen LogP contribution in [0.1, 0.15) is 19.3 Å². The second-order valence-electron chi connectivity index (χ2n) is 2.88. The van der Waals surface area contributed by atoms with Gasteiger partial charge < -0.3 is 0 Å². The van der Waals surface area contributed by atoms with Gasteiger partial charge in [-0.05, 0) is 18.8 Å². The van der Waals surface area contributed by atoms with E-state index in [1.807, 2.05) is 0 Å². The van der Waals surface area contributed by atoms with E-state index < -0.39 is 0 Å². The highest BCUT2D eigenvalue weighted by Gasteiger charge is 2.24. The Kier molecular flexibility index (Phi) is 3.34. The number of nitrogens with one attached hydrogen (secondary N) is 2. The lowest BCUT2D eigenvalue weighted by Crippen LogP contribution is -2.42. The molecule has 0 heterocycles.